The van der Waals surface area contributed by atoms with Crippen LogP contribution in [0.25, 0.3) is 0 Å². The van der Waals surface area contributed by atoms with Gasteiger partial charge in [0.2, 0.25) is 0 Å². The number of hydrogen-bond donors (Lipinski definition) is 2. The molecule has 1 aromatic heterocycles. The van der Waals surface area contributed by atoms with Crippen LogP contribution in [0.1, 0.15) is 53.0 Å². The molecular formula is C20H24N2O3. The number of carboxylic acid groups (broad SMARTS) is 1. The zero-order chi connectivity index (χ0) is 18.0. The molecule has 1 aromatic carbocycles. The Morgan fingerprint density at radius 1 is 1.20 bits per heavy atom. The Bertz CT molecular complexity index is 789. The molecule has 3 rings (SSSR count). The molecule has 5 heteroatoms. The maximum Gasteiger partial charge on any atom is 0.305 e. The minimum absolute atomic E-state index is 0.0124. The van der Waals surface area contributed by atoms with E-state index >= 15 is 0 Å². The van der Waals surface area contributed by atoms with Gasteiger partial charge in [-0.25, -0.2) is 0 Å². The highest BCUT2D eigenvalue weighted by atomic mass is 16.4. The second kappa shape index (κ2) is 6.75. The summed E-state index contributed by atoms with van der Waals surface area (Å²) in [5.74, 6) is -1.04. The normalized spacial score (nSPS) is 15.4. The third-order valence-corrected chi connectivity index (χ3v) is 5.18. The molecule has 25 heavy (non-hydrogen) atoms. The molecule has 0 spiro atoms. The summed E-state index contributed by atoms with van der Waals surface area (Å²) in [7, 11) is 0. The first-order valence-electron chi connectivity index (χ1n) is 8.65. The summed E-state index contributed by atoms with van der Waals surface area (Å²) < 4.78 is 2.12. The molecule has 0 saturated heterocycles. The highest BCUT2D eigenvalue weighted by molar-refractivity contribution is 5.96. The molecule has 2 N–H and O–H groups in total. The van der Waals surface area contributed by atoms with Crippen molar-refractivity contribution in [3.63, 3.8) is 0 Å². The molecule has 1 amide bonds. The van der Waals surface area contributed by atoms with Gasteiger partial charge in [0.15, 0.2) is 0 Å². The van der Waals surface area contributed by atoms with E-state index in [4.69, 9.17) is 5.11 Å². The molecule has 0 radical (unpaired) electrons. The summed E-state index contributed by atoms with van der Waals surface area (Å²) in [5.41, 5.74) is 3.16. The molecular weight excluding hydrogens is 316 g/mol. The minimum atomic E-state index is -0.866. The number of amides is 1. The Kier molecular flexibility index (Phi) is 4.66. The average Bonchev–Trinajstić information content (AvgIpc) is 2.81. The van der Waals surface area contributed by atoms with Crippen molar-refractivity contribution in [1.29, 1.82) is 0 Å². The summed E-state index contributed by atoms with van der Waals surface area (Å²) >= 11 is 0. The smallest absolute Gasteiger partial charge is 0.305 e. The van der Waals surface area contributed by atoms with Gasteiger partial charge in [-0.1, -0.05) is 30.3 Å². The van der Waals surface area contributed by atoms with Crippen molar-refractivity contribution in [2.45, 2.75) is 51.6 Å². The molecule has 1 fully saturated rings. The van der Waals surface area contributed by atoms with E-state index in [0.717, 1.165) is 30.7 Å². The number of hydrogen-bond acceptors (Lipinski definition) is 2. The summed E-state index contributed by atoms with van der Waals surface area (Å²) in [6, 6.07) is 12.0. The Hall–Kier alpha value is -2.56. The second-order valence-electron chi connectivity index (χ2n) is 7.02. The van der Waals surface area contributed by atoms with Crippen LogP contribution < -0.4 is 5.32 Å². The molecule has 0 bridgehead atoms. The van der Waals surface area contributed by atoms with Gasteiger partial charge in [-0.05, 0) is 44.7 Å². The fraction of sp³-hybridized carbons (Fsp3) is 0.400. The lowest BCUT2D eigenvalue weighted by molar-refractivity contribution is -0.139. The van der Waals surface area contributed by atoms with Crippen LogP contribution in [-0.2, 0) is 11.3 Å². The molecule has 1 aliphatic carbocycles. The van der Waals surface area contributed by atoms with Crippen LogP contribution in [-0.4, -0.2) is 27.1 Å². The Balaban J connectivity index is 1.80. The SMILES string of the molecule is Cc1cc(C(=O)NC2(CC(=O)O)CCC2)c(C)n1Cc1ccccc1. The number of rotatable bonds is 6. The third kappa shape index (κ3) is 3.60. The van der Waals surface area contributed by atoms with Crippen molar-refractivity contribution >= 4 is 11.9 Å². The van der Waals surface area contributed by atoms with Crippen LogP contribution in [0.5, 0.6) is 0 Å². The Morgan fingerprint density at radius 2 is 1.88 bits per heavy atom. The van der Waals surface area contributed by atoms with E-state index in [0.29, 0.717) is 12.1 Å². The van der Waals surface area contributed by atoms with Crippen molar-refractivity contribution in [3.8, 4) is 0 Å². The summed E-state index contributed by atoms with van der Waals surface area (Å²) in [6.45, 7) is 4.64. The van der Waals surface area contributed by atoms with Crippen LogP contribution in [0.3, 0.4) is 0 Å². The first kappa shape index (κ1) is 17.3. The molecule has 132 valence electrons. The van der Waals surface area contributed by atoms with Crippen molar-refractivity contribution in [1.82, 2.24) is 9.88 Å². The minimum Gasteiger partial charge on any atom is -0.481 e. The monoisotopic (exact) mass is 340 g/mol. The number of aryl methyl sites for hydroxylation is 1. The van der Waals surface area contributed by atoms with E-state index in [9.17, 15) is 9.59 Å². The van der Waals surface area contributed by atoms with Crippen LogP contribution in [0.15, 0.2) is 36.4 Å². The number of benzene rings is 1. The number of carbonyl (C=O) groups excluding carboxylic acids is 1. The van der Waals surface area contributed by atoms with E-state index in [1.807, 2.05) is 38.1 Å². The topological polar surface area (TPSA) is 71.3 Å². The van der Waals surface area contributed by atoms with Gasteiger partial charge in [0.25, 0.3) is 5.91 Å². The summed E-state index contributed by atoms with van der Waals surface area (Å²) in [5, 5.41) is 12.1. The van der Waals surface area contributed by atoms with Crippen molar-refractivity contribution in [3.05, 3.63) is 58.9 Å². The lowest BCUT2D eigenvalue weighted by Gasteiger charge is -2.41. The fourth-order valence-electron chi connectivity index (χ4n) is 3.59. The quantitative estimate of drug-likeness (QED) is 0.848. The number of aliphatic carboxylic acids is 1. The maximum absolute atomic E-state index is 12.8. The van der Waals surface area contributed by atoms with E-state index in [2.05, 4.69) is 22.0 Å². The molecule has 5 nitrogen and oxygen atoms in total. The lowest BCUT2D eigenvalue weighted by Crippen LogP contribution is -2.54. The molecule has 0 unspecified atom stereocenters. The first-order valence-corrected chi connectivity index (χ1v) is 8.65. The van der Waals surface area contributed by atoms with E-state index in [1.165, 1.54) is 5.56 Å². The molecule has 0 aliphatic heterocycles. The lowest BCUT2D eigenvalue weighted by atomic mass is 9.74. The third-order valence-electron chi connectivity index (χ3n) is 5.18. The summed E-state index contributed by atoms with van der Waals surface area (Å²) in [6.07, 6.45) is 2.41. The predicted molar refractivity (Wildman–Crippen MR) is 95.8 cm³/mol. The number of aromatic nitrogens is 1. The van der Waals surface area contributed by atoms with Gasteiger partial charge in [0, 0.05) is 17.9 Å². The van der Waals surface area contributed by atoms with Crippen LogP contribution in [0.4, 0.5) is 0 Å². The van der Waals surface area contributed by atoms with E-state index in [-0.39, 0.29) is 12.3 Å². The van der Waals surface area contributed by atoms with Gasteiger partial charge < -0.3 is 15.0 Å². The van der Waals surface area contributed by atoms with Crippen molar-refractivity contribution < 1.29 is 14.7 Å². The average molecular weight is 340 g/mol. The highest BCUT2D eigenvalue weighted by Gasteiger charge is 2.40. The van der Waals surface area contributed by atoms with Crippen LogP contribution in [0.2, 0.25) is 0 Å². The molecule has 1 aliphatic rings. The number of carbonyl (C=O) groups is 2. The molecule has 2 aromatic rings. The maximum atomic E-state index is 12.8. The number of carboxylic acids is 1. The van der Waals surface area contributed by atoms with Gasteiger partial charge >= 0.3 is 5.97 Å². The van der Waals surface area contributed by atoms with E-state index in [1.54, 1.807) is 0 Å². The molecule has 1 heterocycles. The Labute approximate surface area is 147 Å². The first-order chi connectivity index (χ1) is 11.9. The van der Waals surface area contributed by atoms with Crippen LogP contribution in [0, 0.1) is 13.8 Å². The van der Waals surface area contributed by atoms with Crippen LogP contribution >= 0.6 is 0 Å². The van der Waals surface area contributed by atoms with E-state index < -0.39 is 11.5 Å². The number of nitrogens with zero attached hydrogens (tertiary/aromatic N) is 1. The van der Waals surface area contributed by atoms with Gasteiger partial charge in [-0.15, -0.1) is 0 Å². The molecule has 1 saturated carbocycles. The second-order valence-corrected chi connectivity index (χ2v) is 7.02. The van der Waals surface area contributed by atoms with Gasteiger partial charge in [-0.3, -0.25) is 9.59 Å². The van der Waals surface area contributed by atoms with Gasteiger partial charge in [-0.2, -0.15) is 0 Å². The standard InChI is InChI=1S/C20H24N2O3/c1-14-11-17(15(2)22(14)13-16-7-4-3-5-8-16)19(25)21-20(9-6-10-20)12-18(23)24/h3-5,7-8,11H,6,9-10,12-13H2,1-2H3,(H,21,25)(H,23,24). The predicted octanol–water partition coefficient (Wildman–Crippen LogP) is 3.28. The Morgan fingerprint density at radius 3 is 2.44 bits per heavy atom. The van der Waals surface area contributed by atoms with Gasteiger partial charge in [0.1, 0.15) is 0 Å². The van der Waals surface area contributed by atoms with Crippen molar-refractivity contribution in [2.75, 3.05) is 0 Å². The number of nitrogens with one attached hydrogen (secondary N) is 1. The fourth-order valence-corrected chi connectivity index (χ4v) is 3.59. The zero-order valence-electron chi connectivity index (χ0n) is 14.7. The largest absolute Gasteiger partial charge is 0.481 e. The molecule has 0 atom stereocenters. The summed E-state index contributed by atoms with van der Waals surface area (Å²) in [4.78, 5) is 23.9. The zero-order valence-corrected chi connectivity index (χ0v) is 14.7. The van der Waals surface area contributed by atoms with Gasteiger partial charge in [0.05, 0.1) is 17.5 Å². The highest BCUT2D eigenvalue weighted by Crippen LogP contribution is 2.35. The van der Waals surface area contributed by atoms with Crippen molar-refractivity contribution in [2.24, 2.45) is 0 Å².